The first-order chi connectivity index (χ1) is 16.0. The lowest BCUT2D eigenvalue weighted by molar-refractivity contribution is -0.138. The third kappa shape index (κ3) is 4.69. The van der Waals surface area contributed by atoms with E-state index in [-0.39, 0.29) is 31.1 Å². The molecule has 0 bridgehead atoms. The van der Waals surface area contributed by atoms with Gasteiger partial charge in [0.25, 0.3) is 0 Å². The van der Waals surface area contributed by atoms with Crippen molar-refractivity contribution in [3.05, 3.63) is 52.6 Å². The fourth-order valence-electron chi connectivity index (χ4n) is 5.08. The van der Waals surface area contributed by atoms with Gasteiger partial charge in [0.15, 0.2) is 11.5 Å². The van der Waals surface area contributed by atoms with Gasteiger partial charge in [-0.15, -0.1) is 0 Å². The molecule has 5 rings (SSSR count). The Morgan fingerprint density at radius 1 is 1.03 bits per heavy atom. The third-order valence-electron chi connectivity index (χ3n) is 7.02. The molecule has 174 valence electrons. The van der Waals surface area contributed by atoms with Crippen LogP contribution in [0.5, 0.6) is 11.5 Å². The molecule has 1 fully saturated rings. The van der Waals surface area contributed by atoms with Crippen molar-refractivity contribution in [3.63, 3.8) is 0 Å². The zero-order valence-electron chi connectivity index (χ0n) is 19.4. The SMILES string of the molecule is Cc1cc2c(cc1C)CN(C(=O)C1CCCN(CC(=O)Nc3ccc4c(c3)OCO4)C1)CC2. The summed E-state index contributed by atoms with van der Waals surface area (Å²) in [6, 6.07) is 9.89. The maximum absolute atomic E-state index is 13.3. The summed E-state index contributed by atoms with van der Waals surface area (Å²) in [5.74, 6) is 1.42. The van der Waals surface area contributed by atoms with Crippen molar-refractivity contribution in [2.24, 2.45) is 5.92 Å². The Bertz CT molecular complexity index is 1080. The van der Waals surface area contributed by atoms with Gasteiger partial charge in [0.05, 0.1) is 12.5 Å². The predicted octanol–water partition coefficient (Wildman–Crippen LogP) is 3.27. The van der Waals surface area contributed by atoms with Gasteiger partial charge in [-0.2, -0.15) is 0 Å². The summed E-state index contributed by atoms with van der Waals surface area (Å²) in [4.78, 5) is 30.1. The van der Waals surface area contributed by atoms with E-state index >= 15 is 0 Å². The molecule has 1 atom stereocenters. The minimum Gasteiger partial charge on any atom is -0.454 e. The molecule has 0 aromatic heterocycles. The monoisotopic (exact) mass is 449 g/mol. The minimum absolute atomic E-state index is 0.0508. The maximum Gasteiger partial charge on any atom is 0.238 e. The molecule has 33 heavy (non-hydrogen) atoms. The van der Waals surface area contributed by atoms with E-state index in [0.29, 0.717) is 30.3 Å². The third-order valence-corrected chi connectivity index (χ3v) is 7.02. The number of anilines is 1. The molecule has 2 aromatic rings. The van der Waals surface area contributed by atoms with Crippen LogP contribution >= 0.6 is 0 Å². The van der Waals surface area contributed by atoms with Crippen molar-refractivity contribution < 1.29 is 19.1 Å². The van der Waals surface area contributed by atoms with E-state index in [1.54, 1.807) is 12.1 Å². The van der Waals surface area contributed by atoms with Crippen molar-refractivity contribution >= 4 is 17.5 Å². The zero-order valence-corrected chi connectivity index (χ0v) is 19.4. The van der Waals surface area contributed by atoms with Gasteiger partial charge in [0.2, 0.25) is 18.6 Å². The number of fused-ring (bicyclic) bond motifs is 2. The Labute approximate surface area is 194 Å². The number of carbonyl (C=O) groups excluding carboxylic acids is 2. The van der Waals surface area contributed by atoms with Crippen molar-refractivity contribution in [3.8, 4) is 11.5 Å². The molecule has 2 amide bonds. The van der Waals surface area contributed by atoms with Crippen LogP contribution in [0, 0.1) is 19.8 Å². The van der Waals surface area contributed by atoms with Gasteiger partial charge in [0.1, 0.15) is 0 Å². The number of ether oxygens (including phenoxy) is 2. The molecular formula is C26H31N3O4. The van der Waals surface area contributed by atoms with Crippen LogP contribution in [0.2, 0.25) is 0 Å². The standard InChI is InChI=1S/C26H31N3O4/c1-17-10-19-7-9-29(14-21(19)11-18(17)2)26(31)20-4-3-8-28(13-20)15-25(30)27-22-5-6-23-24(12-22)33-16-32-23/h5-6,10-12,20H,3-4,7-9,13-16H2,1-2H3,(H,27,30). The van der Waals surface area contributed by atoms with Gasteiger partial charge in [-0.3, -0.25) is 14.5 Å². The van der Waals surface area contributed by atoms with Crippen LogP contribution in [0.15, 0.2) is 30.3 Å². The lowest BCUT2D eigenvalue weighted by atomic mass is 9.92. The molecule has 0 spiro atoms. The van der Waals surface area contributed by atoms with Crippen molar-refractivity contribution in [1.29, 1.82) is 0 Å². The second-order valence-corrected chi connectivity index (χ2v) is 9.41. The molecular weight excluding hydrogens is 418 g/mol. The number of carbonyl (C=O) groups is 2. The molecule has 0 saturated carbocycles. The first kappa shape index (κ1) is 21.8. The van der Waals surface area contributed by atoms with E-state index in [2.05, 4.69) is 36.2 Å². The van der Waals surface area contributed by atoms with Crippen LogP contribution in [0.1, 0.15) is 35.1 Å². The van der Waals surface area contributed by atoms with E-state index in [4.69, 9.17) is 9.47 Å². The number of benzene rings is 2. The summed E-state index contributed by atoms with van der Waals surface area (Å²) in [5, 5.41) is 2.94. The average Bonchev–Trinajstić information content (AvgIpc) is 3.27. The summed E-state index contributed by atoms with van der Waals surface area (Å²) >= 11 is 0. The van der Waals surface area contributed by atoms with Gasteiger partial charge >= 0.3 is 0 Å². The number of piperidine rings is 1. The molecule has 0 radical (unpaired) electrons. The quantitative estimate of drug-likeness (QED) is 0.776. The highest BCUT2D eigenvalue weighted by Crippen LogP contribution is 2.34. The Balaban J connectivity index is 1.17. The van der Waals surface area contributed by atoms with Gasteiger partial charge in [0, 0.05) is 31.4 Å². The lowest BCUT2D eigenvalue weighted by Gasteiger charge is -2.36. The highest BCUT2D eigenvalue weighted by atomic mass is 16.7. The van der Waals surface area contributed by atoms with E-state index in [9.17, 15) is 9.59 Å². The second kappa shape index (κ2) is 9.06. The van der Waals surface area contributed by atoms with Crippen LogP contribution in [0.3, 0.4) is 0 Å². The first-order valence-electron chi connectivity index (χ1n) is 11.8. The van der Waals surface area contributed by atoms with E-state index in [1.165, 1.54) is 22.3 Å². The highest BCUT2D eigenvalue weighted by molar-refractivity contribution is 5.92. The molecule has 7 nitrogen and oxygen atoms in total. The number of aryl methyl sites for hydroxylation is 2. The maximum atomic E-state index is 13.3. The Morgan fingerprint density at radius 2 is 1.82 bits per heavy atom. The summed E-state index contributed by atoms with van der Waals surface area (Å²) in [5.41, 5.74) is 5.92. The van der Waals surface area contributed by atoms with E-state index < -0.39 is 0 Å². The summed E-state index contributed by atoms with van der Waals surface area (Å²) in [6.45, 7) is 7.68. The van der Waals surface area contributed by atoms with Gasteiger partial charge in [-0.1, -0.05) is 12.1 Å². The molecule has 3 heterocycles. The highest BCUT2D eigenvalue weighted by Gasteiger charge is 2.31. The number of rotatable bonds is 4. The first-order valence-corrected chi connectivity index (χ1v) is 11.8. The fraction of sp³-hybridized carbons (Fsp3) is 0.462. The normalized spacial score (nSPS) is 19.8. The molecule has 7 heteroatoms. The van der Waals surface area contributed by atoms with Crippen LogP contribution < -0.4 is 14.8 Å². The predicted molar refractivity (Wildman–Crippen MR) is 125 cm³/mol. The number of nitrogens with one attached hydrogen (secondary N) is 1. The summed E-state index contributed by atoms with van der Waals surface area (Å²) in [6.07, 6.45) is 2.72. The molecule has 2 aromatic carbocycles. The Morgan fingerprint density at radius 3 is 2.67 bits per heavy atom. The van der Waals surface area contributed by atoms with Crippen molar-refractivity contribution in [2.45, 2.75) is 39.7 Å². The fourth-order valence-corrected chi connectivity index (χ4v) is 5.08. The summed E-state index contributed by atoms with van der Waals surface area (Å²) in [7, 11) is 0. The zero-order chi connectivity index (χ0) is 22.9. The van der Waals surface area contributed by atoms with Crippen LogP contribution in [-0.4, -0.2) is 54.6 Å². The lowest BCUT2D eigenvalue weighted by Crippen LogP contribution is -2.47. The molecule has 3 aliphatic heterocycles. The smallest absolute Gasteiger partial charge is 0.238 e. The van der Waals surface area contributed by atoms with Crippen LogP contribution in [-0.2, 0) is 22.6 Å². The number of hydrogen-bond donors (Lipinski definition) is 1. The summed E-state index contributed by atoms with van der Waals surface area (Å²) < 4.78 is 10.7. The molecule has 3 aliphatic rings. The number of likely N-dealkylation sites (tertiary alicyclic amines) is 1. The van der Waals surface area contributed by atoms with Gasteiger partial charge < -0.3 is 19.7 Å². The van der Waals surface area contributed by atoms with Crippen LogP contribution in [0.25, 0.3) is 0 Å². The number of amides is 2. The van der Waals surface area contributed by atoms with Crippen molar-refractivity contribution in [2.75, 3.05) is 38.3 Å². The van der Waals surface area contributed by atoms with Crippen LogP contribution in [0.4, 0.5) is 5.69 Å². The topological polar surface area (TPSA) is 71.1 Å². The largest absolute Gasteiger partial charge is 0.454 e. The van der Waals surface area contributed by atoms with E-state index in [1.807, 2.05) is 11.0 Å². The minimum atomic E-state index is -0.0836. The second-order valence-electron chi connectivity index (χ2n) is 9.41. The average molecular weight is 450 g/mol. The Kier molecular flexibility index (Phi) is 5.98. The number of nitrogens with zero attached hydrogens (tertiary/aromatic N) is 2. The van der Waals surface area contributed by atoms with Gasteiger partial charge in [-0.05, 0) is 74.0 Å². The van der Waals surface area contributed by atoms with Gasteiger partial charge in [-0.25, -0.2) is 0 Å². The molecule has 1 unspecified atom stereocenters. The molecule has 1 N–H and O–H groups in total. The Hall–Kier alpha value is -3.06. The number of hydrogen-bond acceptors (Lipinski definition) is 5. The van der Waals surface area contributed by atoms with E-state index in [0.717, 1.165) is 32.4 Å². The molecule has 1 saturated heterocycles. The molecule has 0 aliphatic carbocycles. The van der Waals surface area contributed by atoms with Crippen molar-refractivity contribution in [1.82, 2.24) is 9.80 Å².